The Morgan fingerprint density at radius 3 is 2.62 bits per heavy atom. The van der Waals surface area contributed by atoms with Gasteiger partial charge in [0.15, 0.2) is 0 Å². The third-order valence-corrected chi connectivity index (χ3v) is 5.63. The van der Waals surface area contributed by atoms with E-state index < -0.39 is 11.5 Å². The van der Waals surface area contributed by atoms with Crippen molar-refractivity contribution in [2.45, 2.75) is 32.1 Å². The molecule has 1 aliphatic carbocycles. The first-order valence-corrected chi connectivity index (χ1v) is 9.89. The predicted molar refractivity (Wildman–Crippen MR) is 108 cm³/mol. The van der Waals surface area contributed by atoms with E-state index >= 15 is 0 Å². The van der Waals surface area contributed by atoms with Crippen molar-refractivity contribution in [2.24, 2.45) is 0 Å². The Bertz CT molecular complexity index is 1030. The zero-order valence-electron chi connectivity index (χ0n) is 16.4. The minimum atomic E-state index is -0.616. The second kappa shape index (κ2) is 8.10. The van der Waals surface area contributed by atoms with E-state index in [0.717, 1.165) is 24.9 Å². The molecule has 1 saturated heterocycles. The van der Waals surface area contributed by atoms with Gasteiger partial charge in [0.05, 0.1) is 24.5 Å². The second-order valence-corrected chi connectivity index (χ2v) is 7.52. The number of nitrogens with one attached hydrogen (secondary N) is 1. The van der Waals surface area contributed by atoms with Crippen LogP contribution >= 0.6 is 0 Å². The number of rotatable bonds is 4. The summed E-state index contributed by atoms with van der Waals surface area (Å²) in [7, 11) is 0. The van der Waals surface area contributed by atoms with E-state index in [1.54, 1.807) is 25.1 Å². The number of nitrogens with zero attached hydrogens (tertiary/aromatic N) is 2. The van der Waals surface area contributed by atoms with Gasteiger partial charge >= 0.3 is 5.63 Å². The molecule has 1 saturated carbocycles. The maximum atomic E-state index is 12.7. The molecule has 150 valence electrons. The molecule has 0 spiro atoms. The minimum Gasteiger partial charge on any atom is -0.427 e. The van der Waals surface area contributed by atoms with Crippen molar-refractivity contribution in [2.75, 3.05) is 36.5 Å². The molecule has 1 aromatic carbocycles. The lowest BCUT2D eigenvalue weighted by atomic mass is 9.83. The Balaban J connectivity index is 1.55. The fraction of sp³-hybridized carbons (Fsp3) is 0.409. The summed E-state index contributed by atoms with van der Waals surface area (Å²) in [6, 6.07) is 9.16. The summed E-state index contributed by atoms with van der Waals surface area (Å²) < 4.78 is 10.8. The van der Waals surface area contributed by atoms with Gasteiger partial charge in [0.25, 0.3) is 5.91 Å². The summed E-state index contributed by atoms with van der Waals surface area (Å²) in [6.45, 7) is 4.42. The van der Waals surface area contributed by atoms with Crippen LogP contribution in [-0.4, -0.2) is 32.2 Å². The van der Waals surface area contributed by atoms with Crippen molar-refractivity contribution in [1.82, 2.24) is 0 Å². The van der Waals surface area contributed by atoms with Gasteiger partial charge in [-0.3, -0.25) is 4.79 Å². The summed E-state index contributed by atoms with van der Waals surface area (Å²) in [5.74, 6) is 0.417. The van der Waals surface area contributed by atoms with E-state index in [1.807, 2.05) is 6.07 Å². The summed E-state index contributed by atoms with van der Waals surface area (Å²) >= 11 is 0. The second-order valence-electron chi connectivity index (χ2n) is 7.52. The summed E-state index contributed by atoms with van der Waals surface area (Å²) in [4.78, 5) is 27.2. The fourth-order valence-corrected chi connectivity index (χ4v) is 3.78. The summed E-state index contributed by atoms with van der Waals surface area (Å²) in [5, 5.41) is 12.3. The molecule has 2 heterocycles. The number of hydrogen-bond donors (Lipinski definition) is 1. The van der Waals surface area contributed by atoms with Gasteiger partial charge in [-0.2, -0.15) is 5.26 Å². The molecule has 0 radical (unpaired) electrons. The largest absolute Gasteiger partial charge is 0.427 e. The smallest absolute Gasteiger partial charge is 0.349 e. The lowest BCUT2D eigenvalue weighted by molar-refractivity contribution is 0.102. The molecule has 2 aliphatic rings. The number of morpholine rings is 1. The Morgan fingerprint density at radius 2 is 2.00 bits per heavy atom. The first kappa shape index (κ1) is 19.2. The van der Waals surface area contributed by atoms with Gasteiger partial charge in [-0.05, 0) is 49.6 Å². The molecule has 7 nitrogen and oxygen atoms in total. The van der Waals surface area contributed by atoms with Crippen molar-refractivity contribution in [1.29, 1.82) is 5.26 Å². The summed E-state index contributed by atoms with van der Waals surface area (Å²) in [5.41, 5.74) is 1.73. The van der Waals surface area contributed by atoms with Crippen molar-refractivity contribution < 1.29 is 13.9 Å². The molecule has 1 aliphatic heterocycles. The highest BCUT2D eigenvalue weighted by Gasteiger charge is 2.25. The number of ether oxygens (including phenoxy) is 1. The monoisotopic (exact) mass is 393 g/mol. The maximum absolute atomic E-state index is 12.7. The predicted octanol–water partition coefficient (Wildman–Crippen LogP) is 3.18. The maximum Gasteiger partial charge on any atom is 0.349 e. The number of carbonyl (C=O) groups is 1. The molecule has 2 fully saturated rings. The van der Waals surface area contributed by atoms with E-state index in [0.29, 0.717) is 48.9 Å². The number of hydrogen-bond acceptors (Lipinski definition) is 6. The van der Waals surface area contributed by atoms with E-state index in [1.165, 1.54) is 0 Å². The average molecular weight is 393 g/mol. The number of nitriles is 1. The zero-order valence-corrected chi connectivity index (χ0v) is 16.4. The molecule has 0 atom stereocenters. The SMILES string of the molecule is Cc1cc(C2CCC2)oc(=O)c1C(=O)Nc1ccc(N2CCOCC2)c(C#N)c1. The first-order valence-electron chi connectivity index (χ1n) is 9.89. The van der Waals surface area contributed by atoms with Crippen LogP contribution in [0.3, 0.4) is 0 Å². The molecular formula is C22H23N3O4. The Labute approximate surface area is 168 Å². The highest BCUT2D eigenvalue weighted by atomic mass is 16.5. The highest BCUT2D eigenvalue weighted by molar-refractivity contribution is 6.05. The molecular weight excluding hydrogens is 370 g/mol. The topological polar surface area (TPSA) is 95.6 Å². The van der Waals surface area contributed by atoms with Crippen molar-refractivity contribution in [3.05, 3.63) is 57.1 Å². The van der Waals surface area contributed by atoms with Crippen molar-refractivity contribution in [3.63, 3.8) is 0 Å². The van der Waals surface area contributed by atoms with E-state index in [2.05, 4.69) is 16.3 Å². The number of anilines is 2. The van der Waals surface area contributed by atoms with E-state index in [9.17, 15) is 14.9 Å². The lowest BCUT2D eigenvalue weighted by Gasteiger charge is -2.29. The van der Waals surface area contributed by atoms with Crippen LogP contribution in [0.5, 0.6) is 0 Å². The normalized spacial score (nSPS) is 16.8. The Morgan fingerprint density at radius 1 is 1.24 bits per heavy atom. The van der Waals surface area contributed by atoms with Crippen molar-refractivity contribution >= 4 is 17.3 Å². The van der Waals surface area contributed by atoms with Crippen LogP contribution in [-0.2, 0) is 4.74 Å². The molecule has 0 unspecified atom stereocenters. The van der Waals surface area contributed by atoms with Crippen LogP contribution < -0.4 is 15.8 Å². The summed E-state index contributed by atoms with van der Waals surface area (Å²) in [6.07, 6.45) is 3.16. The standard InChI is InChI=1S/C22H23N3O4/c1-14-11-19(15-3-2-4-15)29-22(27)20(14)21(26)24-17-5-6-18(16(12-17)13-23)25-7-9-28-10-8-25/h5-6,11-12,15H,2-4,7-10H2,1H3,(H,24,26). The van der Waals surface area contributed by atoms with Crippen LogP contribution in [0, 0.1) is 18.3 Å². The zero-order chi connectivity index (χ0) is 20.4. The average Bonchev–Trinajstić information content (AvgIpc) is 2.66. The van der Waals surface area contributed by atoms with Crippen LogP contribution in [0.2, 0.25) is 0 Å². The van der Waals surface area contributed by atoms with Gasteiger partial charge < -0.3 is 19.4 Å². The van der Waals surface area contributed by atoms with Crippen LogP contribution in [0.15, 0.2) is 33.5 Å². The molecule has 1 aromatic heterocycles. The number of amides is 1. The van der Waals surface area contributed by atoms with Gasteiger partial charge in [0.1, 0.15) is 17.4 Å². The van der Waals surface area contributed by atoms with E-state index in [4.69, 9.17) is 9.15 Å². The van der Waals surface area contributed by atoms with E-state index in [-0.39, 0.29) is 11.5 Å². The quantitative estimate of drug-likeness (QED) is 0.857. The lowest BCUT2D eigenvalue weighted by Crippen LogP contribution is -2.36. The van der Waals surface area contributed by atoms with Gasteiger partial charge in [-0.15, -0.1) is 0 Å². The molecule has 1 amide bonds. The molecule has 29 heavy (non-hydrogen) atoms. The third kappa shape index (κ3) is 3.89. The number of carbonyl (C=O) groups excluding carboxylic acids is 1. The molecule has 4 rings (SSSR count). The minimum absolute atomic E-state index is 0.00355. The van der Waals surface area contributed by atoms with Crippen LogP contribution in [0.4, 0.5) is 11.4 Å². The fourth-order valence-electron chi connectivity index (χ4n) is 3.78. The Hall–Kier alpha value is -3.11. The van der Waals surface area contributed by atoms with Gasteiger partial charge in [0, 0.05) is 24.7 Å². The third-order valence-electron chi connectivity index (χ3n) is 5.63. The van der Waals surface area contributed by atoms with Crippen LogP contribution in [0.1, 0.15) is 52.4 Å². The number of benzene rings is 1. The Kier molecular flexibility index (Phi) is 5.36. The molecule has 1 N–H and O–H groups in total. The van der Waals surface area contributed by atoms with Crippen molar-refractivity contribution in [3.8, 4) is 6.07 Å². The van der Waals surface area contributed by atoms with Gasteiger partial charge in [0.2, 0.25) is 0 Å². The molecule has 2 aromatic rings. The van der Waals surface area contributed by atoms with Gasteiger partial charge in [-0.25, -0.2) is 4.79 Å². The molecule has 7 heteroatoms. The van der Waals surface area contributed by atoms with Gasteiger partial charge in [-0.1, -0.05) is 6.42 Å². The number of aryl methyl sites for hydroxylation is 1. The molecule has 0 bridgehead atoms. The highest BCUT2D eigenvalue weighted by Crippen LogP contribution is 2.36. The van der Waals surface area contributed by atoms with Crippen LogP contribution in [0.25, 0.3) is 0 Å². The first-order chi connectivity index (χ1) is 14.1.